The summed E-state index contributed by atoms with van der Waals surface area (Å²) in [6.07, 6.45) is 10.1. The molecule has 3 aromatic rings. The van der Waals surface area contributed by atoms with Gasteiger partial charge in [-0.1, -0.05) is 0 Å². The lowest BCUT2D eigenvalue weighted by Crippen LogP contribution is -2.33. The zero-order chi connectivity index (χ0) is 25.9. The summed E-state index contributed by atoms with van der Waals surface area (Å²) in [5, 5.41) is 13.7. The first-order valence-electron chi connectivity index (χ1n) is 12.9. The van der Waals surface area contributed by atoms with E-state index in [0.29, 0.717) is 28.5 Å². The number of carbonyl (C=O) groups is 1. The molecule has 0 aliphatic heterocycles. The molecule has 2 atom stereocenters. The summed E-state index contributed by atoms with van der Waals surface area (Å²) in [5.41, 5.74) is 1.11. The molecular formula is C26H35N7O4. The highest BCUT2D eigenvalue weighted by Crippen LogP contribution is 2.29. The Kier molecular flexibility index (Phi) is 7.43. The van der Waals surface area contributed by atoms with Crippen LogP contribution < -0.4 is 21.5 Å². The van der Waals surface area contributed by atoms with Crippen molar-refractivity contribution < 1.29 is 14.3 Å². The maximum absolute atomic E-state index is 13.3. The van der Waals surface area contributed by atoms with Crippen molar-refractivity contribution in [3.63, 3.8) is 0 Å². The van der Waals surface area contributed by atoms with Crippen molar-refractivity contribution in [2.75, 3.05) is 31.9 Å². The molecule has 3 aromatic heterocycles. The third-order valence-corrected chi connectivity index (χ3v) is 7.63. The Morgan fingerprint density at radius 1 is 1.08 bits per heavy atom. The van der Waals surface area contributed by atoms with Gasteiger partial charge in [0.05, 0.1) is 18.4 Å². The zero-order valence-corrected chi connectivity index (χ0v) is 21.6. The Bertz CT molecular complexity index is 1310. The zero-order valence-electron chi connectivity index (χ0n) is 21.6. The Balaban J connectivity index is 1.39. The molecule has 2 fully saturated rings. The molecule has 1 amide bonds. The minimum atomic E-state index is -0.225. The molecule has 11 nitrogen and oxygen atoms in total. The van der Waals surface area contributed by atoms with Gasteiger partial charge in [-0.3, -0.25) is 9.59 Å². The van der Waals surface area contributed by atoms with Gasteiger partial charge in [-0.25, -0.2) is 4.98 Å². The number of anilines is 3. The molecule has 3 N–H and O–H groups in total. The van der Waals surface area contributed by atoms with E-state index in [2.05, 4.69) is 26.0 Å². The normalized spacial score (nSPS) is 23.8. The monoisotopic (exact) mass is 509 g/mol. The number of methoxy groups -OCH3 is 2. The van der Waals surface area contributed by atoms with E-state index in [1.807, 2.05) is 12.3 Å². The van der Waals surface area contributed by atoms with Crippen LogP contribution in [-0.2, 0) is 9.47 Å². The van der Waals surface area contributed by atoms with Crippen LogP contribution in [0.25, 0.3) is 5.65 Å². The number of nitrogens with one attached hydrogen (secondary N) is 3. The van der Waals surface area contributed by atoms with Crippen molar-refractivity contribution in [2.24, 2.45) is 0 Å². The smallest absolute Gasteiger partial charge is 0.274 e. The average Bonchev–Trinajstić information content (AvgIpc) is 3.56. The summed E-state index contributed by atoms with van der Waals surface area (Å²) in [6, 6.07) is 5.58. The number of amides is 1. The summed E-state index contributed by atoms with van der Waals surface area (Å²) < 4.78 is 14.3. The molecule has 3 heterocycles. The van der Waals surface area contributed by atoms with Crippen LogP contribution in [-0.4, -0.2) is 64.6 Å². The molecule has 0 spiro atoms. The summed E-state index contributed by atoms with van der Waals surface area (Å²) in [7, 11) is 5.21. The van der Waals surface area contributed by atoms with Crippen molar-refractivity contribution in [2.45, 2.75) is 69.2 Å². The molecule has 0 bridgehead atoms. The van der Waals surface area contributed by atoms with Gasteiger partial charge in [0.2, 0.25) is 0 Å². The Hall–Kier alpha value is -3.44. The topological polar surface area (TPSA) is 124 Å². The number of hydrogen-bond donors (Lipinski definition) is 3. The molecule has 1 unspecified atom stereocenters. The first-order chi connectivity index (χ1) is 18.0. The molecule has 11 heteroatoms. The van der Waals surface area contributed by atoms with Gasteiger partial charge in [-0.2, -0.15) is 9.61 Å². The number of pyridine rings is 1. The van der Waals surface area contributed by atoms with Gasteiger partial charge in [-0.15, -0.1) is 0 Å². The van der Waals surface area contributed by atoms with Gasteiger partial charge in [-0.05, 0) is 57.1 Å². The first-order valence-corrected chi connectivity index (χ1v) is 12.9. The van der Waals surface area contributed by atoms with E-state index in [4.69, 9.17) is 9.47 Å². The lowest BCUT2D eigenvalue weighted by molar-refractivity contribution is 0.0580. The summed E-state index contributed by atoms with van der Waals surface area (Å²) >= 11 is 0. The average molecular weight is 510 g/mol. The van der Waals surface area contributed by atoms with Gasteiger partial charge < -0.3 is 30.0 Å². The summed E-state index contributed by atoms with van der Waals surface area (Å²) in [5.74, 6) is 0.864. The fraction of sp³-hybridized carbons (Fsp3) is 0.538. The van der Waals surface area contributed by atoms with Crippen LogP contribution in [0.15, 0.2) is 35.4 Å². The van der Waals surface area contributed by atoms with E-state index in [9.17, 15) is 9.59 Å². The van der Waals surface area contributed by atoms with E-state index in [1.54, 1.807) is 42.5 Å². The quantitative estimate of drug-likeness (QED) is 0.423. The molecule has 198 valence electrons. The van der Waals surface area contributed by atoms with Crippen molar-refractivity contribution in [3.8, 4) is 0 Å². The van der Waals surface area contributed by atoms with Crippen LogP contribution in [0.2, 0.25) is 0 Å². The summed E-state index contributed by atoms with van der Waals surface area (Å²) in [6.45, 7) is 0. The number of ether oxygens (including phenoxy) is 2. The molecule has 0 saturated heterocycles. The first kappa shape index (κ1) is 25.2. The van der Waals surface area contributed by atoms with Crippen molar-refractivity contribution >= 4 is 28.9 Å². The van der Waals surface area contributed by atoms with Gasteiger partial charge >= 0.3 is 0 Å². The van der Waals surface area contributed by atoms with Gasteiger partial charge in [0.25, 0.3) is 11.5 Å². The molecule has 5 rings (SSSR count). The fourth-order valence-corrected chi connectivity index (χ4v) is 5.50. The third kappa shape index (κ3) is 5.19. The van der Waals surface area contributed by atoms with E-state index in [-0.39, 0.29) is 35.8 Å². The summed E-state index contributed by atoms with van der Waals surface area (Å²) in [4.78, 5) is 31.1. The predicted octanol–water partition coefficient (Wildman–Crippen LogP) is 3.10. The molecule has 2 aliphatic carbocycles. The Labute approximate surface area is 215 Å². The van der Waals surface area contributed by atoms with Crippen LogP contribution in [0.3, 0.4) is 0 Å². The van der Waals surface area contributed by atoms with Crippen molar-refractivity contribution in [1.29, 1.82) is 0 Å². The Morgan fingerprint density at radius 2 is 1.84 bits per heavy atom. The van der Waals surface area contributed by atoms with Gasteiger partial charge in [0.1, 0.15) is 22.9 Å². The number of nitrogens with zero attached hydrogens (tertiary/aromatic N) is 4. The highest BCUT2D eigenvalue weighted by atomic mass is 16.5. The van der Waals surface area contributed by atoms with Crippen LogP contribution in [0.1, 0.15) is 61.3 Å². The van der Waals surface area contributed by atoms with E-state index in [0.717, 1.165) is 44.9 Å². The number of carbonyl (C=O) groups excluding carboxylic acids is 1. The number of fused-ring (bicyclic) bond motifs is 1. The predicted molar refractivity (Wildman–Crippen MR) is 141 cm³/mol. The number of aromatic nitrogens is 4. The second-order valence-electron chi connectivity index (χ2n) is 9.84. The fourth-order valence-electron chi connectivity index (χ4n) is 5.50. The maximum Gasteiger partial charge on any atom is 0.274 e. The van der Waals surface area contributed by atoms with Crippen LogP contribution in [0.4, 0.5) is 17.3 Å². The SMILES string of the molecule is CNc1cc(Nc2cccn([C@H]3CC[C@H](OC)CC3)c2=O)nc2c(C(=O)NC3CC[C@H](OC)C3)cnn12. The minimum absolute atomic E-state index is 0.0548. The van der Waals surface area contributed by atoms with Gasteiger partial charge in [0, 0.05) is 45.6 Å². The standard InChI is InChI=1S/C26H35N7O4/c1-27-23-14-22(30-21-5-4-12-32(26(21)35)17-7-10-18(36-2)11-8-17)31-24-20(15-28-33(23)24)25(34)29-16-6-9-19(13-16)37-3/h4-5,12,14-19,27H,6-11,13H2,1-3H3,(H,29,34)(H,30,31)/t16?,17-,18-,19-/m0/s1. The van der Waals surface area contributed by atoms with Crippen LogP contribution >= 0.6 is 0 Å². The van der Waals surface area contributed by atoms with Gasteiger partial charge in [0.15, 0.2) is 5.65 Å². The largest absolute Gasteiger partial charge is 0.381 e. The number of rotatable bonds is 8. The molecule has 0 aromatic carbocycles. The number of hydrogen-bond acceptors (Lipinski definition) is 8. The van der Waals surface area contributed by atoms with Crippen LogP contribution in [0.5, 0.6) is 0 Å². The maximum atomic E-state index is 13.3. The molecular weight excluding hydrogens is 474 g/mol. The lowest BCUT2D eigenvalue weighted by Gasteiger charge is -2.29. The lowest BCUT2D eigenvalue weighted by atomic mass is 9.92. The second-order valence-corrected chi connectivity index (χ2v) is 9.84. The van der Waals surface area contributed by atoms with E-state index in [1.165, 1.54) is 6.20 Å². The highest BCUT2D eigenvalue weighted by molar-refractivity contribution is 6.00. The van der Waals surface area contributed by atoms with E-state index < -0.39 is 0 Å². The minimum Gasteiger partial charge on any atom is -0.381 e. The molecule has 2 saturated carbocycles. The van der Waals surface area contributed by atoms with E-state index >= 15 is 0 Å². The van der Waals surface area contributed by atoms with Crippen LogP contribution in [0, 0.1) is 0 Å². The van der Waals surface area contributed by atoms with Crippen molar-refractivity contribution in [1.82, 2.24) is 24.5 Å². The third-order valence-electron chi connectivity index (χ3n) is 7.63. The van der Waals surface area contributed by atoms with Crippen molar-refractivity contribution in [3.05, 3.63) is 46.5 Å². The molecule has 2 aliphatic rings. The Morgan fingerprint density at radius 3 is 2.54 bits per heavy atom. The second kappa shape index (κ2) is 10.9. The highest BCUT2D eigenvalue weighted by Gasteiger charge is 2.28. The molecule has 37 heavy (non-hydrogen) atoms. The molecule has 0 radical (unpaired) electrons.